The van der Waals surface area contributed by atoms with E-state index in [1.54, 1.807) is 0 Å². The van der Waals surface area contributed by atoms with E-state index in [4.69, 9.17) is 0 Å². The Morgan fingerprint density at radius 3 is 3.16 bits per heavy atom. The molecule has 2 heterocycles. The molecular weight excluding hydrogens is 276 g/mol. The Kier molecular flexibility index (Phi) is 5.17. The fourth-order valence-corrected chi connectivity index (χ4v) is 2.69. The highest BCUT2D eigenvalue weighted by molar-refractivity contribution is 7.15. The molecule has 0 aromatic carbocycles. The number of carbonyl (C=O) groups is 1. The lowest BCUT2D eigenvalue weighted by Crippen LogP contribution is -2.22. The Bertz CT molecular complexity index is 416. The van der Waals surface area contributed by atoms with Crippen molar-refractivity contribution in [3.8, 4) is 0 Å². The van der Waals surface area contributed by atoms with Crippen LogP contribution in [0.4, 0.5) is 13.9 Å². The quantitative estimate of drug-likeness (QED) is 0.778. The number of hydrogen-bond donors (Lipinski definition) is 2. The minimum atomic E-state index is -2.50. The molecule has 0 radical (unpaired) electrons. The Balaban J connectivity index is 1.74. The summed E-state index contributed by atoms with van der Waals surface area (Å²) in [5, 5.41) is 6.45. The van der Waals surface area contributed by atoms with Crippen LogP contribution in [-0.2, 0) is 22.5 Å². The van der Waals surface area contributed by atoms with Crippen LogP contribution in [0.25, 0.3) is 0 Å². The average Bonchev–Trinajstić information content (AvgIpc) is 2.76. The predicted octanol–water partition coefficient (Wildman–Crippen LogP) is 1.40. The highest BCUT2D eigenvalue weighted by atomic mass is 32.1. The average molecular weight is 291 g/mol. The van der Waals surface area contributed by atoms with Gasteiger partial charge in [-0.15, -0.1) is 11.3 Å². The van der Waals surface area contributed by atoms with Crippen molar-refractivity contribution in [3.63, 3.8) is 0 Å². The Morgan fingerprint density at radius 2 is 2.42 bits per heavy atom. The third kappa shape index (κ3) is 4.48. The minimum absolute atomic E-state index is 0.0111. The van der Waals surface area contributed by atoms with Gasteiger partial charge in [0, 0.05) is 24.4 Å². The van der Waals surface area contributed by atoms with E-state index in [1.807, 2.05) is 0 Å². The molecule has 0 bridgehead atoms. The maximum absolute atomic E-state index is 11.8. The lowest BCUT2D eigenvalue weighted by molar-refractivity contribution is -0.117. The van der Waals surface area contributed by atoms with Gasteiger partial charge < -0.3 is 15.4 Å². The van der Waals surface area contributed by atoms with E-state index in [2.05, 4.69) is 20.4 Å². The van der Waals surface area contributed by atoms with Crippen LogP contribution in [0.3, 0.4) is 0 Å². The Hall–Kier alpha value is -1.12. The normalized spacial score (nSPS) is 14.5. The van der Waals surface area contributed by atoms with Crippen molar-refractivity contribution in [2.45, 2.75) is 25.8 Å². The van der Waals surface area contributed by atoms with Crippen LogP contribution < -0.4 is 10.6 Å². The van der Waals surface area contributed by atoms with Crippen molar-refractivity contribution in [2.24, 2.45) is 0 Å². The zero-order chi connectivity index (χ0) is 13.7. The van der Waals surface area contributed by atoms with Gasteiger partial charge in [-0.2, -0.15) is 0 Å². The molecule has 0 spiro atoms. The van der Waals surface area contributed by atoms with Gasteiger partial charge in [-0.25, -0.2) is 13.8 Å². The van der Waals surface area contributed by atoms with Crippen LogP contribution in [-0.4, -0.2) is 37.1 Å². The predicted molar refractivity (Wildman–Crippen MR) is 67.6 cm³/mol. The SMILES string of the molecule is O=C(CCOCC(F)F)Nc1nc2c(s1)CNCC2. The number of nitrogens with one attached hydrogen (secondary N) is 2. The first-order valence-electron chi connectivity index (χ1n) is 6.00. The molecule has 8 heteroatoms. The van der Waals surface area contributed by atoms with Crippen molar-refractivity contribution in [3.05, 3.63) is 10.6 Å². The van der Waals surface area contributed by atoms with Gasteiger partial charge in [0.1, 0.15) is 6.61 Å². The van der Waals surface area contributed by atoms with Gasteiger partial charge in [0.15, 0.2) is 5.13 Å². The van der Waals surface area contributed by atoms with Crippen molar-refractivity contribution in [2.75, 3.05) is 25.1 Å². The number of alkyl halides is 2. The molecule has 5 nitrogen and oxygen atoms in total. The summed E-state index contributed by atoms with van der Waals surface area (Å²) in [5.74, 6) is -0.270. The molecule has 2 rings (SSSR count). The number of fused-ring (bicyclic) bond motifs is 1. The van der Waals surface area contributed by atoms with Crippen LogP contribution in [0.5, 0.6) is 0 Å². The Labute approximate surface area is 113 Å². The van der Waals surface area contributed by atoms with Crippen molar-refractivity contribution in [1.29, 1.82) is 0 Å². The van der Waals surface area contributed by atoms with E-state index in [-0.39, 0.29) is 18.9 Å². The standard InChI is InChI=1S/C11H15F2N3O2S/c12-9(13)6-18-4-2-10(17)16-11-15-7-1-3-14-5-8(7)19-11/h9,14H,1-6H2,(H,15,16,17). The van der Waals surface area contributed by atoms with Gasteiger partial charge in [0.25, 0.3) is 6.43 Å². The third-order valence-corrected chi connectivity index (χ3v) is 3.58. The maximum Gasteiger partial charge on any atom is 0.261 e. The summed E-state index contributed by atoms with van der Waals surface area (Å²) in [6.45, 7) is 1.03. The zero-order valence-electron chi connectivity index (χ0n) is 10.2. The van der Waals surface area contributed by atoms with E-state index in [0.717, 1.165) is 30.1 Å². The smallest absolute Gasteiger partial charge is 0.261 e. The second-order valence-electron chi connectivity index (χ2n) is 4.08. The summed E-state index contributed by atoms with van der Waals surface area (Å²) in [4.78, 5) is 17.0. The molecule has 0 saturated heterocycles. The first-order valence-corrected chi connectivity index (χ1v) is 6.82. The molecular formula is C11H15F2N3O2S. The molecule has 106 valence electrons. The molecule has 1 aliphatic heterocycles. The largest absolute Gasteiger partial charge is 0.375 e. The molecule has 1 aromatic rings. The van der Waals surface area contributed by atoms with Crippen LogP contribution in [0.2, 0.25) is 0 Å². The van der Waals surface area contributed by atoms with Gasteiger partial charge in [0.2, 0.25) is 5.91 Å². The fraction of sp³-hybridized carbons (Fsp3) is 0.636. The van der Waals surface area contributed by atoms with Crippen LogP contribution in [0.1, 0.15) is 17.0 Å². The molecule has 1 amide bonds. The number of aromatic nitrogens is 1. The highest BCUT2D eigenvalue weighted by Crippen LogP contribution is 2.25. The molecule has 19 heavy (non-hydrogen) atoms. The first kappa shape index (κ1) is 14.3. The van der Waals surface area contributed by atoms with Gasteiger partial charge >= 0.3 is 0 Å². The van der Waals surface area contributed by atoms with Gasteiger partial charge in [0.05, 0.1) is 18.7 Å². The lowest BCUT2D eigenvalue weighted by atomic mass is 10.2. The number of carbonyl (C=O) groups excluding carboxylic acids is 1. The molecule has 0 fully saturated rings. The fourth-order valence-electron chi connectivity index (χ4n) is 1.70. The number of ether oxygens (including phenoxy) is 1. The maximum atomic E-state index is 11.8. The molecule has 0 saturated carbocycles. The van der Waals surface area contributed by atoms with Crippen LogP contribution in [0.15, 0.2) is 0 Å². The van der Waals surface area contributed by atoms with Crippen LogP contribution in [0, 0.1) is 0 Å². The first-order chi connectivity index (χ1) is 9.15. The topological polar surface area (TPSA) is 63.2 Å². The summed E-state index contributed by atoms with van der Waals surface area (Å²) in [6, 6.07) is 0. The summed E-state index contributed by atoms with van der Waals surface area (Å²) < 4.78 is 28.2. The molecule has 0 atom stereocenters. The second kappa shape index (κ2) is 6.88. The van der Waals surface area contributed by atoms with Crippen molar-refractivity contribution in [1.82, 2.24) is 10.3 Å². The van der Waals surface area contributed by atoms with Crippen LogP contribution >= 0.6 is 11.3 Å². The third-order valence-electron chi connectivity index (χ3n) is 2.57. The lowest BCUT2D eigenvalue weighted by Gasteiger charge is -2.09. The number of nitrogens with zero attached hydrogens (tertiary/aromatic N) is 1. The Morgan fingerprint density at radius 1 is 1.58 bits per heavy atom. The van der Waals surface area contributed by atoms with E-state index in [1.165, 1.54) is 11.3 Å². The monoisotopic (exact) mass is 291 g/mol. The molecule has 1 aliphatic rings. The number of halogens is 2. The van der Waals surface area contributed by atoms with Gasteiger partial charge in [-0.3, -0.25) is 4.79 Å². The summed E-state index contributed by atoms with van der Waals surface area (Å²) >= 11 is 1.44. The minimum Gasteiger partial charge on any atom is -0.375 e. The number of amides is 1. The summed E-state index contributed by atoms with van der Waals surface area (Å²) in [5.41, 5.74) is 1.02. The second-order valence-corrected chi connectivity index (χ2v) is 5.16. The summed E-state index contributed by atoms with van der Waals surface area (Å²) in [6.07, 6.45) is -1.59. The molecule has 0 aliphatic carbocycles. The van der Waals surface area contributed by atoms with E-state index < -0.39 is 13.0 Å². The number of rotatable bonds is 6. The number of anilines is 1. The van der Waals surface area contributed by atoms with E-state index in [9.17, 15) is 13.6 Å². The van der Waals surface area contributed by atoms with E-state index in [0.29, 0.717) is 5.13 Å². The molecule has 1 aromatic heterocycles. The molecule has 0 unspecified atom stereocenters. The molecule has 2 N–H and O–H groups in total. The number of thiazole rings is 1. The zero-order valence-corrected chi connectivity index (χ0v) is 11.1. The van der Waals surface area contributed by atoms with E-state index >= 15 is 0 Å². The number of hydrogen-bond acceptors (Lipinski definition) is 5. The van der Waals surface area contributed by atoms with Crippen molar-refractivity contribution < 1.29 is 18.3 Å². The van der Waals surface area contributed by atoms with Crippen molar-refractivity contribution >= 4 is 22.4 Å². The van der Waals surface area contributed by atoms with Gasteiger partial charge in [-0.1, -0.05) is 0 Å². The van der Waals surface area contributed by atoms with Gasteiger partial charge in [-0.05, 0) is 0 Å². The highest BCUT2D eigenvalue weighted by Gasteiger charge is 2.15. The summed E-state index contributed by atoms with van der Waals surface area (Å²) in [7, 11) is 0.